The van der Waals surface area contributed by atoms with Crippen LogP contribution in [0.25, 0.3) is 0 Å². The lowest BCUT2D eigenvalue weighted by Gasteiger charge is -2.14. The third-order valence-corrected chi connectivity index (χ3v) is 4.34. The topological polar surface area (TPSA) is 118 Å². The van der Waals surface area contributed by atoms with E-state index in [-0.39, 0.29) is 42.1 Å². The first kappa shape index (κ1) is 17.5. The van der Waals surface area contributed by atoms with E-state index >= 15 is 0 Å². The molecule has 1 aliphatic rings. The van der Waals surface area contributed by atoms with Gasteiger partial charge >= 0.3 is 5.97 Å². The molecule has 0 aliphatic heterocycles. The maximum atomic E-state index is 11.6. The third kappa shape index (κ3) is 3.90. The molecule has 122 valence electrons. The number of nitriles is 3. The highest BCUT2D eigenvalue weighted by Crippen LogP contribution is 2.41. The average Bonchev–Trinajstić information content (AvgIpc) is 3.06. The van der Waals surface area contributed by atoms with Gasteiger partial charge in [-0.1, -0.05) is 0 Å². The molecular weight excluding hydrogens is 306 g/mol. The van der Waals surface area contributed by atoms with E-state index in [0.717, 1.165) is 24.8 Å². The number of aliphatic hydroxyl groups is 1. The van der Waals surface area contributed by atoms with Gasteiger partial charge in [-0.2, -0.15) is 15.8 Å². The van der Waals surface area contributed by atoms with E-state index in [0.29, 0.717) is 12.0 Å². The van der Waals surface area contributed by atoms with Gasteiger partial charge in [0.15, 0.2) is 0 Å². The van der Waals surface area contributed by atoms with Gasteiger partial charge in [0.2, 0.25) is 0 Å². The van der Waals surface area contributed by atoms with E-state index in [9.17, 15) is 10.1 Å². The molecule has 1 aromatic rings. The van der Waals surface area contributed by atoms with Crippen LogP contribution >= 0.6 is 0 Å². The lowest BCUT2D eigenvalue weighted by atomic mass is 9.89. The van der Waals surface area contributed by atoms with E-state index in [2.05, 4.69) is 6.07 Å². The summed E-state index contributed by atoms with van der Waals surface area (Å²) < 4.78 is 4.89. The van der Waals surface area contributed by atoms with Crippen LogP contribution in [0.5, 0.6) is 0 Å². The number of aliphatic hydroxyl groups excluding tert-OH is 1. The van der Waals surface area contributed by atoms with Gasteiger partial charge in [-0.05, 0) is 48.8 Å². The summed E-state index contributed by atoms with van der Waals surface area (Å²) in [7, 11) is 0. The SMILES string of the molecule is N#Cc1cc(C#N)c([C@H]2CC[C@H](CC(=O)OCCO)C2)cc1C#N. The zero-order valence-electron chi connectivity index (χ0n) is 13.2. The Kier molecular flexibility index (Phi) is 5.90. The minimum Gasteiger partial charge on any atom is -0.463 e. The summed E-state index contributed by atoms with van der Waals surface area (Å²) in [4.78, 5) is 11.6. The van der Waals surface area contributed by atoms with Gasteiger partial charge in [-0.3, -0.25) is 4.79 Å². The summed E-state index contributed by atoms with van der Waals surface area (Å²) in [6.45, 7) is -0.179. The molecule has 24 heavy (non-hydrogen) atoms. The summed E-state index contributed by atoms with van der Waals surface area (Å²) >= 11 is 0. The molecule has 6 heteroatoms. The van der Waals surface area contributed by atoms with Crippen LogP contribution in [0.2, 0.25) is 0 Å². The Morgan fingerprint density at radius 1 is 1.12 bits per heavy atom. The van der Waals surface area contributed by atoms with Gasteiger partial charge in [0.05, 0.1) is 29.4 Å². The van der Waals surface area contributed by atoms with Gasteiger partial charge in [0.1, 0.15) is 18.7 Å². The number of ether oxygens (including phenoxy) is 1. The van der Waals surface area contributed by atoms with Crippen molar-refractivity contribution in [3.05, 3.63) is 34.4 Å². The lowest BCUT2D eigenvalue weighted by Crippen LogP contribution is -2.12. The second-order valence-corrected chi connectivity index (χ2v) is 5.84. The van der Waals surface area contributed by atoms with Crippen molar-refractivity contribution in [3.63, 3.8) is 0 Å². The molecule has 1 aromatic carbocycles. The number of rotatable bonds is 5. The second-order valence-electron chi connectivity index (χ2n) is 5.84. The first-order valence-electron chi connectivity index (χ1n) is 7.77. The Balaban J connectivity index is 2.14. The Labute approximate surface area is 140 Å². The standard InChI is InChI=1S/C18H17N3O3/c19-9-14-7-16(11-21)17(8-15(14)10-20)13-2-1-12(5-13)6-18(23)24-4-3-22/h7-8,12-13,22H,1-6H2/t12-,13-/m0/s1. The first-order chi connectivity index (χ1) is 11.6. The van der Waals surface area contributed by atoms with Crippen LogP contribution in [0.1, 0.15) is 53.9 Å². The molecule has 1 saturated carbocycles. The number of carbonyl (C=O) groups is 1. The molecule has 0 saturated heterocycles. The molecule has 0 spiro atoms. The number of carbonyl (C=O) groups excluding carboxylic acids is 1. The number of esters is 1. The van der Waals surface area contributed by atoms with Crippen molar-refractivity contribution in [3.8, 4) is 18.2 Å². The molecule has 0 amide bonds. The van der Waals surface area contributed by atoms with Crippen molar-refractivity contribution in [1.29, 1.82) is 15.8 Å². The average molecular weight is 323 g/mol. The highest BCUT2D eigenvalue weighted by atomic mass is 16.5. The van der Waals surface area contributed by atoms with Crippen LogP contribution in [0.4, 0.5) is 0 Å². The molecular formula is C18H17N3O3. The molecule has 2 atom stereocenters. The summed E-state index contributed by atoms with van der Waals surface area (Å²) in [5.41, 5.74) is 1.68. The normalized spacial score (nSPS) is 19.1. The monoisotopic (exact) mass is 323 g/mol. The van der Waals surface area contributed by atoms with Crippen molar-refractivity contribution in [1.82, 2.24) is 0 Å². The number of hydrogen-bond acceptors (Lipinski definition) is 6. The van der Waals surface area contributed by atoms with Crippen LogP contribution < -0.4 is 0 Å². The van der Waals surface area contributed by atoms with Crippen molar-refractivity contribution >= 4 is 5.97 Å². The Morgan fingerprint density at radius 2 is 1.79 bits per heavy atom. The predicted molar refractivity (Wildman–Crippen MR) is 83.3 cm³/mol. The fourth-order valence-corrected chi connectivity index (χ4v) is 3.23. The highest BCUT2D eigenvalue weighted by molar-refractivity contribution is 5.69. The minimum atomic E-state index is -0.326. The first-order valence-corrected chi connectivity index (χ1v) is 7.77. The summed E-state index contributed by atoms with van der Waals surface area (Å²) in [5.74, 6) is -0.0724. The van der Waals surface area contributed by atoms with Gasteiger partial charge < -0.3 is 9.84 Å². The minimum absolute atomic E-state index is 0.00864. The third-order valence-electron chi connectivity index (χ3n) is 4.34. The largest absolute Gasteiger partial charge is 0.463 e. The summed E-state index contributed by atoms with van der Waals surface area (Å²) in [6.07, 6.45) is 2.69. The van der Waals surface area contributed by atoms with Crippen LogP contribution in [-0.2, 0) is 9.53 Å². The molecule has 0 bridgehead atoms. The van der Waals surface area contributed by atoms with Gasteiger partial charge in [-0.25, -0.2) is 0 Å². The van der Waals surface area contributed by atoms with Crippen molar-refractivity contribution in [2.45, 2.75) is 31.6 Å². The molecule has 0 heterocycles. The van der Waals surface area contributed by atoms with Crippen LogP contribution in [-0.4, -0.2) is 24.3 Å². The molecule has 1 N–H and O–H groups in total. The van der Waals surface area contributed by atoms with Crippen molar-refractivity contribution in [2.24, 2.45) is 5.92 Å². The maximum absolute atomic E-state index is 11.6. The van der Waals surface area contributed by atoms with Crippen LogP contribution in [0.3, 0.4) is 0 Å². The van der Waals surface area contributed by atoms with Gasteiger partial charge in [0, 0.05) is 6.42 Å². The van der Waals surface area contributed by atoms with E-state index in [1.807, 2.05) is 12.1 Å². The lowest BCUT2D eigenvalue weighted by molar-refractivity contribution is -0.145. The molecule has 0 aromatic heterocycles. The molecule has 1 fully saturated rings. The molecule has 6 nitrogen and oxygen atoms in total. The van der Waals surface area contributed by atoms with Crippen LogP contribution in [0.15, 0.2) is 12.1 Å². The van der Waals surface area contributed by atoms with Crippen molar-refractivity contribution < 1.29 is 14.6 Å². The zero-order chi connectivity index (χ0) is 17.5. The number of hydrogen-bond donors (Lipinski definition) is 1. The second kappa shape index (κ2) is 8.11. The quantitative estimate of drug-likeness (QED) is 0.829. The number of nitrogens with zero attached hydrogens (tertiary/aromatic N) is 3. The fraction of sp³-hybridized carbons (Fsp3) is 0.444. The maximum Gasteiger partial charge on any atom is 0.306 e. The Morgan fingerprint density at radius 3 is 2.42 bits per heavy atom. The number of benzene rings is 1. The van der Waals surface area contributed by atoms with Crippen molar-refractivity contribution in [2.75, 3.05) is 13.2 Å². The van der Waals surface area contributed by atoms with Gasteiger partial charge in [0.25, 0.3) is 0 Å². The smallest absolute Gasteiger partial charge is 0.306 e. The van der Waals surface area contributed by atoms with E-state index in [4.69, 9.17) is 20.4 Å². The Hall–Kier alpha value is -2.88. The van der Waals surface area contributed by atoms with E-state index in [1.165, 1.54) is 6.07 Å². The van der Waals surface area contributed by atoms with E-state index < -0.39 is 0 Å². The highest BCUT2D eigenvalue weighted by Gasteiger charge is 2.30. The van der Waals surface area contributed by atoms with E-state index in [1.54, 1.807) is 6.07 Å². The predicted octanol–water partition coefficient (Wildman–Crippen LogP) is 2.11. The van der Waals surface area contributed by atoms with Crippen LogP contribution in [0, 0.1) is 39.9 Å². The summed E-state index contributed by atoms with van der Waals surface area (Å²) in [6, 6.07) is 9.14. The molecule has 1 aliphatic carbocycles. The van der Waals surface area contributed by atoms with Gasteiger partial charge in [-0.15, -0.1) is 0 Å². The summed E-state index contributed by atoms with van der Waals surface area (Å²) in [5, 5.41) is 36.2. The zero-order valence-corrected chi connectivity index (χ0v) is 13.2. The molecule has 0 radical (unpaired) electrons. The fourth-order valence-electron chi connectivity index (χ4n) is 3.23. The molecule has 0 unspecified atom stereocenters. The molecule has 2 rings (SSSR count). The Bertz CT molecular complexity index is 752.